The van der Waals surface area contributed by atoms with Gasteiger partial charge in [0.15, 0.2) is 19.7 Å². The molecule has 0 aromatic heterocycles. The number of hydrogen-bond donors (Lipinski definition) is 0. The van der Waals surface area contributed by atoms with Crippen molar-refractivity contribution in [2.75, 3.05) is 0 Å². The quantitative estimate of drug-likeness (QED) is 0.291. The maximum Gasteiger partial charge on any atom is 0.380 e. The van der Waals surface area contributed by atoms with Gasteiger partial charge in [0.25, 0.3) is 0 Å². The molecule has 0 spiro atoms. The van der Waals surface area contributed by atoms with Crippen LogP contribution < -0.4 is 0 Å². The van der Waals surface area contributed by atoms with E-state index < -0.39 is 114 Å². The van der Waals surface area contributed by atoms with E-state index >= 15 is 43.2 Å². The maximum absolute atomic E-state index is 16.4. The Morgan fingerprint density at radius 2 is 0.958 bits per heavy atom. The van der Waals surface area contributed by atoms with Gasteiger partial charge in [0, 0.05) is 11.1 Å². The third kappa shape index (κ3) is 3.79. The van der Waals surface area contributed by atoms with Gasteiger partial charge in [-0.05, 0) is 71.4 Å². The summed E-state index contributed by atoms with van der Waals surface area (Å²) in [5, 5.41) is 0. The van der Waals surface area contributed by atoms with Crippen molar-refractivity contribution >= 4 is 29.5 Å². The van der Waals surface area contributed by atoms with Crippen LogP contribution in [0.4, 0.5) is 26.3 Å². The third-order valence-electron chi connectivity index (χ3n) is 10.1. The normalized spacial score (nSPS) is 29.5. The van der Waals surface area contributed by atoms with Gasteiger partial charge in [-0.15, -0.1) is 0 Å². The van der Waals surface area contributed by atoms with Crippen LogP contribution in [-0.4, -0.2) is 44.1 Å². The second kappa shape index (κ2) is 9.99. The fourth-order valence-corrected chi connectivity index (χ4v) is 15.5. The molecular weight excluding hydrogens is 675 g/mol. The summed E-state index contributed by atoms with van der Waals surface area (Å²) >= 11 is 0. The second-order valence-corrected chi connectivity index (χ2v) is 19.1. The molecule has 2 heterocycles. The molecule has 48 heavy (non-hydrogen) atoms. The van der Waals surface area contributed by atoms with Crippen molar-refractivity contribution in [3.8, 4) is 0 Å². The van der Waals surface area contributed by atoms with E-state index in [9.17, 15) is 0 Å². The molecule has 2 atom stereocenters. The van der Waals surface area contributed by atoms with Crippen LogP contribution in [0.1, 0.15) is 72.4 Å². The van der Waals surface area contributed by atoms with Crippen LogP contribution in [0.25, 0.3) is 9.81 Å². The van der Waals surface area contributed by atoms with Gasteiger partial charge < -0.3 is 0 Å². The Balaban J connectivity index is 2.00. The molecule has 0 bridgehead atoms. The number of sulfone groups is 2. The summed E-state index contributed by atoms with van der Waals surface area (Å²) in [5.41, 5.74) is -7.59. The van der Waals surface area contributed by atoms with E-state index in [1.165, 1.54) is 48.5 Å². The Kier molecular flexibility index (Phi) is 7.23. The van der Waals surface area contributed by atoms with E-state index in [0.717, 1.165) is 13.8 Å². The number of allylic oxidation sites excluding steroid dienone is 4. The van der Waals surface area contributed by atoms with Crippen molar-refractivity contribution in [2.45, 2.75) is 88.6 Å². The topological polar surface area (TPSA) is 68.3 Å². The molecule has 2 aromatic rings. The van der Waals surface area contributed by atoms with Gasteiger partial charge in [-0.2, -0.15) is 26.3 Å². The molecule has 1 saturated carbocycles. The highest BCUT2D eigenvalue weighted by atomic mass is 32.2. The number of hydrogen-bond acceptors (Lipinski definition) is 4. The highest BCUT2D eigenvalue weighted by molar-refractivity contribution is 8.06. The van der Waals surface area contributed by atoms with Crippen LogP contribution in [0.2, 0.25) is 0 Å². The van der Waals surface area contributed by atoms with Crippen molar-refractivity contribution in [1.82, 2.24) is 0 Å². The number of benzene rings is 2. The fourth-order valence-electron chi connectivity index (χ4n) is 8.81. The molecule has 12 heteroatoms. The summed E-state index contributed by atoms with van der Waals surface area (Å²) in [6, 6.07) is 14.6. The summed E-state index contributed by atoms with van der Waals surface area (Å²) < 4.78 is 154. The molecule has 2 aromatic carbocycles. The lowest BCUT2D eigenvalue weighted by Gasteiger charge is -2.53. The molecule has 6 rings (SSSR count). The van der Waals surface area contributed by atoms with Gasteiger partial charge in [0.1, 0.15) is 9.49 Å². The van der Waals surface area contributed by atoms with Gasteiger partial charge in [0.2, 0.25) is 0 Å². The predicted octanol–water partition coefficient (Wildman–Crippen LogP) is 9.19. The van der Waals surface area contributed by atoms with Gasteiger partial charge in [-0.25, -0.2) is 16.8 Å². The van der Waals surface area contributed by atoms with E-state index in [1.54, 1.807) is 46.8 Å². The van der Waals surface area contributed by atoms with Gasteiger partial charge in [-0.1, -0.05) is 95.3 Å². The monoisotopic (exact) mass is 710 g/mol. The summed E-state index contributed by atoms with van der Waals surface area (Å²) in [6.45, 7) is 10.1. The highest BCUT2D eigenvalue weighted by Crippen LogP contribution is 2.77. The first-order chi connectivity index (χ1) is 21.9. The minimum Gasteiger partial charge on any atom is -0.223 e. The molecule has 4 aliphatic rings. The molecular formula is C36H36F6O4S2. The van der Waals surface area contributed by atoms with Gasteiger partial charge in [-0.3, -0.25) is 0 Å². The zero-order valence-electron chi connectivity index (χ0n) is 27.5. The molecule has 4 nitrogen and oxygen atoms in total. The van der Waals surface area contributed by atoms with Crippen molar-refractivity contribution in [1.29, 1.82) is 0 Å². The average molecular weight is 711 g/mol. The van der Waals surface area contributed by atoms with Crippen molar-refractivity contribution in [3.05, 3.63) is 105 Å². The van der Waals surface area contributed by atoms with Crippen molar-refractivity contribution in [2.24, 2.45) is 11.3 Å². The van der Waals surface area contributed by atoms with Gasteiger partial charge in [0.05, 0.1) is 9.81 Å². The van der Waals surface area contributed by atoms with Crippen LogP contribution in [0, 0.1) is 11.3 Å². The molecule has 2 aliphatic carbocycles. The SMILES string of the molecule is CC1=C(c2ccccc2)S(=O)(=O)C2(CC(C)C)C1=C1C(=C3C(C)=C(c4ccccc4)S(=O)(=O)C32CC(C)(C)C)C(F)(F)C(F)(F)C1(F)F. The fraction of sp³-hybridized carbons (Fsp3) is 0.444. The first-order valence-electron chi connectivity index (χ1n) is 15.6. The number of fused-ring (bicyclic) bond motifs is 4. The smallest absolute Gasteiger partial charge is 0.223 e. The number of rotatable bonds is 5. The molecule has 0 saturated heterocycles. The Hall–Kier alpha value is -3.12. The lowest BCUT2D eigenvalue weighted by molar-refractivity contribution is -0.258. The van der Waals surface area contributed by atoms with Crippen LogP contribution in [0.5, 0.6) is 0 Å². The molecule has 0 N–H and O–H groups in total. The van der Waals surface area contributed by atoms with E-state index in [-0.39, 0.29) is 11.1 Å². The third-order valence-corrected chi connectivity index (χ3v) is 15.6. The molecule has 1 fully saturated rings. The van der Waals surface area contributed by atoms with Crippen LogP contribution in [0.3, 0.4) is 0 Å². The Labute approximate surface area is 277 Å². The van der Waals surface area contributed by atoms with E-state index in [2.05, 4.69) is 0 Å². The van der Waals surface area contributed by atoms with Crippen LogP contribution in [-0.2, 0) is 19.7 Å². The molecule has 0 amide bonds. The first kappa shape index (κ1) is 34.7. The van der Waals surface area contributed by atoms with Gasteiger partial charge >= 0.3 is 17.8 Å². The molecule has 0 radical (unpaired) electrons. The minimum absolute atomic E-state index is 0.00201. The summed E-state index contributed by atoms with van der Waals surface area (Å²) in [5.74, 6) is -17.9. The number of halogens is 6. The standard InChI is InChI=1S/C36H36F6O4S2/c1-20(2)18-32-25(21(3)29(47(32,43)44)23-14-10-8-11-15-23)27-28(35(39,40)36(41,42)34(27,37)38)26-22(4)30(24-16-12-9-13-17-24)48(45,46)33(26,32)19-31(5,6)7/h8-17,20H,18-19H2,1-7H3. The molecule has 2 aliphatic heterocycles. The van der Waals surface area contributed by atoms with Crippen molar-refractivity contribution < 1.29 is 43.2 Å². The summed E-state index contributed by atoms with van der Waals surface area (Å²) in [6.07, 6.45) is -1.28. The zero-order valence-corrected chi connectivity index (χ0v) is 29.1. The maximum atomic E-state index is 16.4. The minimum atomic E-state index is -6.01. The van der Waals surface area contributed by atoms with E-state index in [0.29, 0.717) is 0 Å². The lowest BCUT2D eigenvalue weighted by Crippen LogP contribution is -2.65. The average Bonchev–Trinajstić information content (AvgIpc) is 3.29. The summed E-state index contributed by atoms with van der Waals surface area (Å²) in [7, 11) is -10.3. The largest absolute Gasteiger partial charge is 0.380 e. The lowest BCUT2D eigenvalue weighted by atomic mass is 9.61. The highest BCUT2D eigenvalue weighted by Gasteiger charge is 2.88. The summed E-state index contributed by atoms with van der Waals surface area (Å²) in [4.78, 5) is -1.09. The van der Waals surface area contributed by atoms with Crippen molar-refractivity contribution in [3.63, 3.8) is 0 Å². The van der Waals surface area contributed by atoms with Crippen LogP contribution in [0.15, 0.2) is 94.1 Å². The second-order valence-electron chi connectivity index (χ2n) is 14.9. The zero-order chi connectivity index (χ0) is 35.8. The Morgan fingerprint density at radius 3 is 1.31 bits per heavy atom. The Bertz CT molecular complexity index is 2100. The molecule has 258 valence electrons. The van der Waals surface area contributed by atoms with E-state index in [1.807, 2.05) is 0 Å². The Morgan fingerprint density at radius 1 is 0.604 bits per heavy atom. The first-order valence-corrected chi connectivity index (χ1v) is 18.5. The number of alkyl halides is 6. The van der Waals surface area contributed by atoms with Crippen LogP contribution >= 0.6 is 0 Å². The van der Waals surface area contributed by atoms with E-state index in [4.69, 9.17) is 0 Å². The predicted molar refractivity (Wildman–Crippen MR) is 174 cm³/mol. The molecule has 2 unspecified atom stereocenters.